The Morgan fingerprint density at radius 3 is 1.93 bits per heavy atom. The SMILES string of the molecule is CCc1c(-n2c3ccccc3c3c4ccccc4n4c(=O)c5ccccc5nc4c32)nc(-c2ccccc2)c2ccccc12. The summed E-state index contributed by atoms with van der Waals surface area (Å²) >= 11 is 0. The fourth-order valence-electron chi connectivity index (χ4n) is 7.00. The molecule has 0 saturated carbocycles. The van der Waals surface area contributed by atoms with E-state index >= 15 is 0 Å². The fourth-order valence-corrected chi connectivity index (χ4v) is 7.00. The Labute approximate surface area is 252 Å². The molecule has 0 aliphatic rings. The molecule has 0 aliphatic carbocycles. The van der Waals surface area contributed by atoms with Crippen molar-refractivity contribution < 1.29 is 0 Å². The van der Waals surface area contributed by atoms with Gasteiger partial charge in [-0.2, -0.15) is 0 Å². The van der Waals surface area contributed by atoms with E-state index in [0.717, 1.165) is 67.2 Å². The van der Waals surface area contributed by atoms with Gasteiger partial charge in [0.1, 0.15) is 5.82 Å². The van der Waals surface area contributed by atoms with Gasteiger partial charge in [0.25, 0.3) is 5.56 Å². The quantitative estimate of drug-likeness (QED) is 0.159. The molecule has 0 spiro atoms. The van der Waals surface area contributed by atoms with Crippen LogP contribution in [-0.4, -0.2) is 18.9 Å². The summed E-state index contributed by atoms with van der Waals surface area (Å²) in [6, 6.07) is 43.2. The molecular weight excluding hydrogens is 540 g/mol. The molecule has 4 aromatic heterocycles. The van der Waals surface area contributed by atoms with Crippen LogP contribution in [0.2, 0.25) is 0 Å². The van der Waals surface area contributed by atoms with Crippen molar-refractivity contribution in [2.45, 2.75) is 13.3 Å². The van der Waals surface area contributed by atoms with Gasteiger partial charge in [-0.3, -0.25) is 13.8 Å². The highest BCUT2D eigenvalue weighted by Crippen LogP contribution is 2.41. The standard InChI is InChI=1S/C39H26N4O/c1-2-25-26-16-6-7-17-27(26)35(24-14-4-3-5-15-24)41-37(25)42-32-22-12-9-19-29(32)34-30-20-10-13-23-33(30)43-38(36(34)42)40-31-21-11-8-18-28(31)39(43)44/h3-23H,2H2,1H3. The van der Waals surface area contributed by atoms with Crippen molar-refractivity contribution in [3.63, 3.8) is 0 Å². The lowest BCUT2D eigenvalue weighted by Crippen LogP contribution is -2.17. The zero-order valence-corrected chi connectivity index (χ0v) is 24.0. The molecule has 9 rings (SSSR count). The van der Waals surface area contributed by atoms with Crippen LogP contribution >= 0.6 is 0 Å². The Morgan fingerprint density at radius 2 is 1.18 bits per heavy atom. The zero-order chi connectivity index (χ0) is 29.4. The van der Waals surface area contributed by atoms with Gasteiger partial charge in [-0.1, -0.05) is 110 Å². The summed E-state index contributed by atoms with van der Waals surface area (Å²) in [5, 5.41) is 6.06. The molecule has 9 aromatic rings. The van der Waals surface area contributed by atoms with Crippen LogP contribution in [0.3, 0.4) is 0 Å². The van der Waals surface area contributed by atoms with E-state index in [1.165, 1.54) is 5.39 Å². The molecule has 4 heterocycles. The lowest BCUT2D eigenvalue weighted by Gasteiger charge is -2.18. The predicted molar refractivity (Wildman–Crippen MR) is 181 cm³/mol. The van der Waals surface area contributed by atoms with Crippen molar-refractivity contribution in [3.05, 3.63) is 143 Å². The van der Waals surface area contributed by atoms with Gasteiger partial charge in [-0.15, -0.1) is 0 Å². The molecule has 0 fully saturated rings. The predicted octanol–water partition coefficient (Wildman–Crippen LogP) is 8.88. The third-order valence-electron chi connectivity index (χ3n) is 8.88. The second-order valence-corrected chi connectivity index (χ2v) is 11.2. The van der Waals surface area contributed by atoms with Gasteiger partial charge in [0.2, 0.25) is 0 Å². The lowest BCUT2D eigenvalue weighted by atomic mass is 9.98. The Hall–Kier alpha value is -5.81. The number of nitrogens with zero attached hydrogens (tertiary/aromatic N) is 4. The highest BCUT2D eigenvalue weighted by Gasteiger charge is 2.24. The summed E-state index contributed by atoms with van der Waals surface area (Å²) in [4.78, 5) is 25.0. The number of rotatable bonds is 3. The van der Waals surface area contributed by atoms with Crippen LogP contribution in [0.5, 0.6) is 0 Å². The van der Waals surface area contributed by atoms with E-state index in [1.54, 1.807) is 4.40 Å². The zero-order valence-electron chi connectivity index (χ0n) is 24.0. The van der Waals surface area contributed by atoms with Gasteiger partial charge in [0.15, 0.2) is 5.65 Å². The van der Waals surface area contributed by atoms with Gasteiger partial charge < -0.3 is 0 Å². The van der Waals surface area contributed by atoms with Gasteiger partial charge in [0.05, 0.1) is 33.1 Å². The maximum atomic E-state index is 14.2. The topological polar surface area (TPSA) is 52.2 Å². The van der Waals surface area contributed by atoms with Gasteiger partial charge in [-0.25, -0.2) is 9.97 Å². The van der Waals surface area contributed by atoms with Gasteiger partial charge >= 0.3 is 0 Å². The molecule has 0 aliphatic heterocycles. The van der Waals surface area contributed by atoms with Crippen molar-refractivity contribution in [1.82, 2.24) is 18.9 Å². The monoisotopic (exact) mass is 566 g/mol. The Balaban J connectivity index is 1.59. The second-order valence-electron chi connectivity index (χ2n) is 11.2. The first-order valence-corrected chi connectivity index (χ1v) is 15.0. The third kappa shape index (κ3) is 3.32. The van der Waals surface area contributed by atoms with E-state index in [1.807, 2.05) is 48.5 Å². The first-order chi connectivity index (χ1) is 21.7. The molecule has 0 bridgehead atoms. The van der Waals surface area contributed by atoms with Crippen molar-refractivity contribution in [2.75, 3.05) is 0 Å². The van der Waals surface area contributed by atoms with Gasteiger partial charge in [0, 0.05) is 32.7 Å². The van der Waals surface area contributed by atoms with Crippen LogP contribution in [-0.2, 0) is 6.42 Å². The van der Waals surface area contributed by atoms with E-state index in [2.05, 4.69) is 90.4 Å². The molecule has 44 heavy (non-hydrogen) atoms. The molecule has 0 amide bonds. The van der Waals surface area contributed by atoms with E-state index < -0.39 is 0 Å². The van der Waals surface area contributed by atoms with Crippen LogP contribution in [0.4, 0.5) is 0 Å². The van der Waals surface area contributed by atoms with Crippen LogP contribution in [0.1, 0.15) is 12.5 Å². The number of para-hydroxylation sites is 3. The lowest BCUT2D eigenvalue weighted by molar-refractivity contribution is 1.02. The number of pyridine rings is 2. The maximum absolute atomic E-state index is 14.2. The number of hydrogen-bond acceptors (Lipinski definition) is 3. The fraction of sp³-hybridized carbons (Fsp3) is 0.0513. The van der Waals surface area contributed by atoms with E-state index in [0.29, 0.717) is 16.6 Å². The number of aromatic nitrogens is 4. The van der Waals surface area contributed by atoms with E-state index in [9.17, 15) is 4.79 Å². The highest BCUT2D eigenvalue weighted by molar-refractivity contribution is 6.24. The molecule has 208 valence electrons. The largest absolute Gasteiger partial charge is 0.290 e. The first kappa shape index (κ1) is 24.8. The van der Waals surface area contributed by atoms with Crippen molar-refractivity contribution in [2.24, 2.45) is 0 Å². The van der Waals surface area contributed by atoms with Crippen LogP contribution < -0.4 is 5.56 Å². The second kappa shape index (κ2) is 9.35. The maximum Gasteiger partial charge on any atom is 0.266 e. The number of aryl methyl sites for hydroxylation is 1. The molecule has 0 N–H and O–H groups in total. The van der Waals surface area contributed by atoms with Crippen LogP contribution in [0.15, 0.2) is 132 Å². The van der Waals surface area contributed by atoms with Crippen LogP contribution in [0.25, 0.3) is 77.1 Å². The third-order valence-corrected chi connectivity index (χ3v) is 8.88. The molecule has 5 heteroatoms. The molecule has 5 aromatic carbocycles. The Morgan fingerprint density at radius 1 is 0.591 bits per heavy atom. The number of fused-ring (bicyclic) bond motifs is 10. The summed E-state index contributed by atoms with van der Waals surface area (Å²) in [5.41, 5.74) is 7.11. The Bertz CT molecular complexity index is 2670. The summed E-state index contributed by atoms with van der Waals surface area (Å²) in [6.45, 7) is 2.19. The van der Waals surface area contributed by atoms with E-state index in [4.69, 9.17) is 9.97 Å². The average molecular weight is 567 g/mol. The van der Waals surface area contributed by atoms with Crippen molar-refractivity contribution >= 4 is 60.0 Å². The molecule has 0 unspecified atom stereocenters. The van der Waals surface area contributed by atoms with Crippen LogP contribution in [0, 0.1) is 0 Å². The molecular formula is C39H26N4O. The van der Waals surface area contributed by atoms with Crippen molar-refractivity contribution in [1.29, 1.82) is 0 Å². The summed E-state index contributed by atoms with van der Waals surface area (Å²) in [5.74, 6) is 0.857. The van der Waals surface area contributed by atoms with Crippen molar-refractivity contribution in [3.8, 4) is 17.1 Å². The Kier molecular flexibility index (Phi) is 5.26. The number of hydrogen-bond donors (Lipinski definition) is 0. The molecule has 0 saturated heterocycles. The molecule has 0 radical (unpaired) electrons. The van der Waals surface area contributed by atoms with Gasteiger partial charge in [-0.05, 0) is 36.1 Å². The minimum absolute atomic E-state index is 0.0762. The number of benzene rings is 5. The minimum atomic E-state index is -0.0762. The minimum Gasteiger partial charge on any atom is -0.290 e. The summed E-state index contributed by atoms with van der Waals surface area (Å²) in [6.07, 6.45) is 0.785. The molecule has 5 nitrogen and oxygen atoms in total. The normalized spacial score (nSPS) is 11.9. The summed E-state index contributed by atoms with van der Waals surface area (Å²) in [7, 11) is 0. The average Bonchev–Trinajstić information content (AvgIpc) is 3.43. The van der Waals surface area contributed by atoms with E-state index in [-0.39, 0.29) is 5.56 Å². The summed E-state index contributed by atoms with van der Waals surface area (Å²) < 4.78 is 4.05. The first-order valence-electron chi connectivity index (χ1n) is 15.0. The highest BCUT2D eigenvalue weighted by atomic mass is 16.1. The smallest absolute Gasteiger partial charge is 0.266 e. The molecule has 0 atom stereocenters.